The maximum atomic E-state index is 14.9. The highest BCUT2D eigenvalue weighted by molar-refractivity contribution is 5.98. The molecular formula is C52H87FN22O8. The second kappa shape index (κ2) is 38.2. The van der Waals surface area contributed by atoms with E-state index >= 15 is 0 Å². The van der Waals surface area contributed by atoms with Crippen LogP contribution in [0, 0.1) is 21.6 Å². The number of hydrogen-bond donors (Lipinski definition) is 22. The van der Waals surface area contributed by atoms with Crippen molar-refractivity contribution in [1.29, 1.82) is 21.6 Å². The van der Waals surface area contributed by atoms with Gasteiger partial charge in [-0.05, 0) is 120 Å². The summed E-state index contributed by atoms with van der Waals surface area (Å²) in [5, 5.41) is 67.2. The zero-order chi connectivity index (χ0) is 61.1. The Hall–Kier alpha value is -8.61. The molecule has 0 bridgehead atoms. The van der Waals surface area contributed by atoms with E-state index in [0.29, 0.717) is 24.9 Å². The highest BCUT2D eigenvalue weighted by atomic mass is 19.2. The van der Waals surface area contributed by atoms with E-state index in [1.807, 2.05) is 36.4 Å². The number of carbonyl (C=O) groups is 8. The molecule has 0 spiro atoms. The highest BCUT2D eigenvalue weighted by Gasteiger charge is 2.35. The smallest absolute Gasteiger partial charge is 0.243 e. The van der Waals surface area contributed by atoms with Crippen LogP contribution in [0.2, 0.25) is 0 Å². The standard InChI is InChI=1S/C52H87FN22O8/c1-62-22-6-4-14-34-42(77)67-30-41(76)69-35(16-8-23-63-49(54)55)43(78)72-38(18-10-25-65-51(58)59)45(80)71-36(15-5-7-27-68-53)47(82)75-40(29-31-20-21-32-12-2-3-13-33(32)28-31)48(83)74-39(19-11-26-66-52(60)61)46(81)73-37(44(79)70-34)17-9-24-64-50(56)57/h2-3,12-13,20-21,28,34-40,62,68H,4-11,14-19,22-27,29-30H2,1H3,(H,67,77)(H,69,76)(H,70,79)(H,71,80)(H,72,78)(H,73,81)(H,74,83)(H,75,82)(H4,54,55,63)(H4,56,57,64)(H4,58,59,65)(H4,60,61,66). The number of hydrogen-bond acceptors (Lipinski definition) is 14. The summed E-state index contributed by atoms with van der Waals surface area (Å²) in [6.45, 7) is 0.149. The van der Waals surface area contributed by atoms with Crippen molar-refractivity contribution >= 4 is 81.9 Å². The highest BCUT2D eigenvalue weighted by Crippen LogP contribution is 2.18. The van der Waals surface area contributed by atoms with Crippen molar-refractivity contribution < 1.29 is 42.8 Å². The fourth-order valence-corrected chi connectivity index (χ4v) is 8.90. The molecule has 1 heterocycles. The topological polar surface area (TPSA) is 504 Å². The van der Waals surface area contributed by atoms with Crippen LogP contribution in [0.25, 0.3) is 10.8 Å². The molecule has 2 aromatic carbocycles. The third kappa shape index (κ3) is 27.6. The Balaban J connectivity index is 2.26. The van der Waals surface area contributed by atoms with Gasteiger partial charge in [-0.25, -0.2) is 0 Å². The van der Waals surface area contributed by atoms with Crippen LogP contribution < -0.4 is 97.6 Å². The first-order valence-corrected chi connectivity index (χ1v) is 27.9. The van der Waals surface area contributed by atoms with Crippen molar-refractivity contribution in [3.63, 3.8) is 0 Å². The van der Waals surface area contributed by atoms with Crippen LogP contribution in [0.4, 0.5) is 4.48 Å². The van der Waals surface area contributed by atoms with Gasteiger partial charge in [-0.3, -0.25) is 60.0 Å². The first kappa shape index (κ1) is 68.7. The fraction of sp³-hybridized carbons (Fsp3) is 0.577. The Morgan fingerprint density at radius 1 is 0.446 bits per heavy atom. The molecule has 1 aliphatic rings. The van der Waals surface area contributed by atoms with Gasteiger partial charge in [0.05, 0.1) is 6.54 Å². The third-order valence-electron chi connectivity index (χ3n) is 13.3. The Bertz CT molecular complexity index is 2490. The second-order valence-corrected chi connectivity index (χ2v) is 20.0. The number of nitrogens with two attached hydrogens (primary N) is 4. The van der Waals surface area contributed by atoms with E-state index in [-0.39, 0.29) is 140 Å². The van der Waals surface area contributed by atoms with Crippen LogP contribution in [-0.4, -0.2) is 166 Å². The Morgan fingerprint density at radius 3 is 1.19 bits per heavy atom. The number of carbonyl (C=O) groups excluding carboxylic acids is 8. The molecule has 1 aliphatic heterocycles. The minimum absolute atomic E-state index is 0.0718. The van der Waals surface area contributed by atoms with Gasteiger partial charge in [0.25, 0.3) is 0 Å². The van der Waals surface area contributed by atoms with E-state index in [9.17, 15) is 42.8 Å². The number of fused-ring (bicyclic) bond motifs is 1. The fourth-order valence-electron chi connectivity index (χ4n) is 8.90. The molecule has 83 heavy (non-hydrogen) atoms. The van der Waals surface area contributed by atoms with E-state index < -0.39 is 96.1 Å². The van der Waals surface area contributed by atoms with Crippen LogP contribution in [0.1, 0.15) is 95.5 Å². The molecule has 8 amide bonds. The van der Waals surface area contributed by atoms with Crippen LogP contribution in [0.5, 0.6) is 0 Å². The maximum Gasteiger partial charge on any atom is 0.243 e. The van der Waals surface area contributed by atoms with Gasteiger partial charge in [-0.1, -0.05) is 42.5 Å². The van der Waals surface area contributed by atoms with E-state index in [1.54, 1.807) is 18.7 Å². The number of unbranched alkanes of at least 4 members (excludes halogenated alkanes) is 2. The zero-order valence-corrected chi connectivity index (χ0v) is 47.1. The van der Waals surface area contributed by atoms with Crippen LogP contribution >= 0.6 is 0 Å². The average Bonchev–Trinajstić information content (AvgIpc) is 3.65. The molecule has 2 aromatic rings. The molecule has 0 saturated carbocycles. The van der Waals surface area contributed by atoms with Crippen molar-refractivity contribution in [3.05, 3.63) is 48.0 Å². The predicted molar refractivity (Wildman–Crippen MR) is 312 cm³/mol. The number of amides is 8. The number of nitrogens with one attached hydrogen (secondary N) is 18. The Labute approximate surface area is 482 Å². The summed E-state index contributed by atoms with van der Waals surface area (Å²) in [7, 11) is 1.75. The largest absolute Gasteiger partial charge is 0.370 e. The van der Waals surface area contributed by atoms with Crippen molar-refractivity contribution in [2.45, 2.75) is 139 Å². The van der Waals surface area contributed by atoms with Crippen molar-refractivity contribution in [2.75, 3.05) is 52.9 Å². The lowest BCUT2D eigenvalue weighted by Gasteiger charge is -2.28. The lowest BCUT2D eigenvalue weighted by molar-refractivity contribution is -0.136. The summed E-state index contributed by atoms with van der Waals surface area (Å²) in [6.07, 6.45) is 1.45. The Kier molecular flexibility index (Phi) is 31.6. The molecule has 7 unspecified atom stereocenters. The van der Waals surface area contributed by atoms with Gasteiger partial charge in [0.1, 0.15) is 42.3 Å². The molecule has 460 valence electrons. The summed E-state index contributed by atoms with van der Waals surface area (Å²) in [4.78, 5) is 115. The first-order chi connectivity index (χ1) is 39.7. The number of benzene rings is 2. The van der Waals surface area contributed by atoms with E-state index in [2.05, 4.69) is 69.1 Å². The third-order valence-corrected chi connectivity index (χ3v) is 13.3. The summed E-state index contributed by atoms with van der Waals surface area (Å²) in [6, 6.07) is 3.15. The molecule has 3 rings (SSSR count). The predicted octanol–water partition coefficient (Wildman–Crippen LogP) is -4.01. The summed E-state index contributed by atoms with van der Waals surface area (Å²) in [5.41, 5.74) is 24.2. The van der Waals surface area contributed by atoms with E-state index in [4.69, 9.17) is 44.6 Å². The summed E-state index contributed by atoms with van der Waals surface area (Å²) >= 11 is 0. The number of halogens is 1. The quantitative estimate of drug-likeness (QED) is 0.0167. The van der Waals surface area contributed by atoms with E-state index in [1.165, 1.54) is 0 Å². The van der Waals surface area contributed by atoms with Gasteiger partial charge in [-0.2, -0.15) is 5.54 Å². The molecule has 7 atom stereocenters. The van der Waals surface area contributed by atoms with Crippen LogP contribution in [0.3, 0.4) is 0 Å². The maximum absolute atomic E-state index is 14.9. The molecule has 26 N–H and O–H groups in total. The molecular weight excluding hydrogens is 1080 g/mol. The van der Waals surface area contributed by atoms with Gasteiger partial charge in [0.2, 0.25) is 47.3 Å². The molecule has 0 radical (unpaired) electrons. The normalized spacial score (nSPS) is 20.8. The van der Waals surface area contributed by atoms with Crippen molar-refractivity contribution in [2.24, 2.45) is 22.9 Å². The average molecular weight is 1170 g/mol. The van der Waals surface area contributed by atoms with Gasteiger partial charge in [0.15, 0.2) is 23.8 Å². The SMILES string of the molecule is CNCCCCC1NC(=O)C(CCCNC(=N)N)NC(=O)C(CCCNC(=N)N)NC(=O)C(Cc2ccc3ccccc3c2)NC(=O)C(CCCCNF)NC(=O)C(CCCNC(=N)N)NC(=O)C(CCCNC(=N)N)NC(=O)CNC1=O. The Morgan fingerprint density at radius 2 is 0.795 bits per heavy atom. The van der Waals surface area contributed by atoms with Gasteiger partial charge in [0, 0.05) is 39.1 Å². The van der Waals surface area contributed by atoms with Gasteiger partial charge < -0.3 is 92.1 Å². The minimum Gasteiger partial charge on any atom is -0.370 e. The zero-order valence-electron chi connectivity index (χ0n) is 47.1. The van der Waals surface area contributed by atoms with Crippen molar-refractivity contribution in [1.82, 2.24) is 74.7 Å². The minimum atomic E-state index is -1.46. The molecule has 31 heteroatoms. The molecule has 30 nitrogen and oxygen atoms in total. The molecule has 1 fully saturated rings. The summed E-state index contributed by atoms with van der Waals surface area (Å²) < 4.78 is 13.2. The van der Waals surface area contributed by atoms with Crippen molar-refractivity contribution in [3.8, 4) is 0 Å². The van der Waals surface area contributed by atoms with Gasteiger partial charge in [-0.15, -0.1) is 4.48 Å². The van der Waals surface area contributed by atoms with Gasteiger partial charge >= 0.3 is 0 Å². The first-order valence-electron chi connectivity index (χ1n) is 27.9. The molecule has 0 aromatic heterocycles. The van der Waals surface area contributed by atoms with Crippen LogP contribution in [-0.2, 0) is 44.8 Å². The second-order valence-electron chi connectivity index (χ2n) is 20.0. The monoisotopic (exact) mass is 1170 g/mol. The number of rotatable bonds is 28. The molecule has 1 saturated heterocycles. The summed E-state index contributed by atoms with van der Waals surface area (Å²) in [5.74, 6) is -8.12. The lowest BCUT2D eigenvalue weighted by Crippen LogP contribution is -2.61. The lowest BCUT2D eigenvalue weighted by atomic mass is 9.99. The number of guanidine groups is 4. The molecule has 0 aliphatic carbocycles. The van der Waals surface area contributed by atoms with Crippen LogP contribution in [0.15, 0.2) is 42.5 Å². The van der Waals surface area contributed by atoms with E-state index in [0.717, 1.165) is 10.8 Å².